The van der Waals surface area contributed by atoms with E-state index in [1.807, 2.05) is 0 Å². The summed E-state index contributed by atoms with van der Waals surface area (Å²) in [6.45, 7) is 11.6. The Morgan fingerprint density at radius 1 is 0.906 bits per heavy atom. The number of nitrogens with zero attached hydrogens (tertiary/aromatic N) is 2. The molecule has 0 saturated heterocycles. The van der Waals surface area contributed by atoms with E-state index in [0.29, 0.717) is 0 Å². The van der Waals surface area contributed by atoms with Gasteiger partial charge in [0.2, 0.25) is 0 Å². The Labute approximate surface area is 184 Å². The Morgan fingerprint density at radius 3 is 1.62 bits per heavy atom. The Kier molecular flexibility index (Phi) is 9.05. The first-order valence-corrected chi connectivity index (χ1v) is 9.99. The molecular weight excluding hydrogens is 426 g/mol. The number of pyridine rings is 2. The van der Waals surface area contributed by atoms with Gasteiger partial charge in [0.05, 0.1) is 18.0 Å². The zero-order chi connectivity index (χ0) is 24.9. The molecule has 0 atom stereocenters. The Morgan fingerprint density at radius 2 is 1.28 bits per heavy atom. The SMILES string of the molecule is CCOC(=O)c1cc(F)c(C)n(C(C)C)c1=O.Cc1c(F)cc(C(=O)O)c(=O)n1C(C)C. The van der Waals surface area contributed by atoms with Crippen LogP contribution in [0.2, 0.25) is 0 Å². The van der Waals surface area contributed by atoms with Crippen LogP contribution in [0.4, 0.5) is 8.78 Å². The number of carbonyl (C=O) groups excluding carboxylic acids is 1. The highest BCUT2D eigenvalue weighted by atomic mass is 19.1. The van der Waals surface area contributed by atoms with Crippen molar-refractivity contribution in [3.63, 3.8) is 0 Å². The standard InChI is InChI=1S/C12H16FNO3.C10H12FNO3/c1-5-17-12(16)9-6-10(13)8(4)14(7(2)3)11(9)15;1-5(2)12-6(3)8(11)4-7(9(12)13)10(14)15/h6-7H,5H2,1-4H3;4-5H,1-3H3,(H,14,15). The van der Waals surface area contributed by atoms with Crippen LogP contribution in [0.1, 0.15) is 78.8 Å². The predicted octanol–water partition coefficient (Wildman–Crippen LogP) is 3.63. The van der Waals surface area contributed by atoms with Crippen molar-refractivity contribution in [1.29, 1.82) is 0 Å². The van der Waals surface area contributed by atoms with E-state index in [0.717, 1.165) is 16.7 Å². The van der Waals surface area contributed by atoms with Crippen molar-refractivity contribution >= 4 is 11.9 Å². The van der Waals surface area contributed by atoms with Crippen molar-refractivity contribution in [3.8, 4) is 0 Å². The van der Waals surface area contributed by atoms with Crippen LogP contribution in [-0.2, 0) is 4.74 Å². The third-order valence-electron chi connectivity index (χ3n) is 4.61. The number of carboxylic acids is 1. The minimum atomic E-state index is -1.41. The van der Waals surface area contributed by atoms with E-state index in [9.17, 15) is 28.0 Å². The first kappa shape index (κ1) is 26.7. The molecule has 0 aromatic carbocycles. The number of hydrogen-bond donors (Lipinski definition) is 1. The van der Waals surface area contributed by atoms with E-state index in [4.69, 9.17) is 9.84 Å². The monoisotopic (exact) mass is 454 g/mol. The lowest BCUT2D eigenvalue weighted by molar-refractivity contribution is 0.0522. The molecule has 176 valence electrons. The van der Waals surface area contributed by atoms with Crippen molar-refractivity contribution in [2.75, 3.05) is 6.61 Å². The second-order valence-electron chi connectivity index (χ2n) is 7.55. The maximum atomic E-state index is 13.6. The van der Waals surface area contributed by atoms with Crippen molar-refractivity contribution in [2.45, 2.75) is 60.5 Å². The summed E-state index contributed by atoms with van der Waals surface area (Å²) in [7, 11) is 0. The molecule has 0 spiro atoms. The maximum Gasteiger partial charge on any atom is 0.343 e. The number of aromatic nitrogens is 2. The van der Waals surface area contributed by atoms with Gasteiger partial charge in [-0.1, -0.05) is 0 Å². The highest BCUT2D eigenvalue weighted by molar-refractivity contribution is 5.89. The fourth-order valence-electron chi connectivity index (χ4n) is 3.13. The van der Waals surface area contributed by atoms with Crippen molar-refractivity contribution in [3.05, 3.63) is 67.0 Å². The van der Waals surface area contributed by atoms with Gasteiger partial charge in [-0.15, -0.1) is 0 Å². The average Bonchev–Trinajstić information content (AvgIpc) is 2.67. The Balaban J connectivity index is 0.000000323. The van der Waals surface area contributed by atoms with E-state index < -0.39 is 40.3 Å². The molecule has 1 N–H and O–H groups in total. The molecule has 0 saturated carbocycles. The summed E-state index contributed by atoms with van der Waals surface area (Å²) in [5.74, 6) is -3.46. The van der Waals surface area contributed by atoms with Crippen LogP contribution >= 0.6 is 0 Å². The van der Waals surface area contributed by atoms with Crippen LogP contribution in [-0.4, -0.2) is 32.8 Å². The molecule has 0 bridgehead atoms. The third-order valence-corrected chi connectivity index (χ3v) is 4.61. The van der Waals surface area contributed by atoms with E-state index in [2.05, 4.69) is 0 Å². The van der Waals surface area contributed by atoms with Gasteiger partial charge >= 0.3 is 11.9 Å². The quantitative estimate of drug-likeness (QED) is 0.692. The highest BCUT2D eigenvalue weighted by Gasteiger charge is 2.20. The van der Waals surface area contributed by atoms with Gasteiger partial charge in [-0.3, -0.25) is 9.59 Å². The number of esters is 1. The summed E-state index contributed by atoms with van der Waals surface area (Å²) in [6.07, 6.45) is 0. The molecule has 32 heavy (non-hydrogen) atoms. The smallest absolute Gasteiger partial charge is 0.343 e. The molecule has 0 aliphatic rings. The first-order valence-electron chi connectivity index (χ1n) is 9.99. The topological polar surface area (TPSA) is 108 Å². The molecule has 0 fully saturated rings. The Bertz CT molecular complexity index is 1130. The van der Waals surface area contributed by atoms with Gasteiger partial charge in [0.25, 0.3) is 11.1 Å². The van der Waals surface area contributed by atoms with Crippen LogP contribution in [0.15, 0.2) is 21.7 Å². The molecule has 0 unspecified atom stereocenters. The first-order chi connectivity index (χ1) is 14.8. The second kappa shape index (κ2) is 10.8. The lowest BCUT2D eigenvalue weighted by atomic mass is 10.2. The lowest BCUT2D eigenvalue weighted by Crippen LogP contribution is -2.31. The molecule has 10 heteroatoms. The van der Waals surface area contributed by atoms with Crippen LogP contribution in [0.25, 0.3) is 0 Å². The summed E-state index contributed by atoms with van der Waals surface area (Å²) in [5.41, 5.74) is -1.61. The minimum absolute atomic E-state index is 0.148. The van der Waals surface area contributed by atoms with Gasteiger partial charge < -0.3 is 19.0 Å². The molecule has 8 nitrogen and oxygen atoms in total. The number of carbonyl (C=O) groups is 2. The highest BCUT2D eigenvalue weighted by Crippen LogP contribution is 2.12. The molecule has 0 radical (unpaired) electrons. The van der Waals surface area contributed by atoms with Crippen LogP contribution in [0.3, 0.4) is 0 Å². The molecule has 0 aliphatic heterocycles. The molecule has 0 aliphatic carbocycles. The van der Waals surface area contributed by atoms with Gasteiger partial charge in [0.15, 0.2) is 0 Å². The molecule has 2 aromatic rings. The van der Waals surface area contributed by atoms with Crippen molar-refractivity contribution in [2.24, 2.45) is 0 Å². The summed E-state index contributed by atoms with van der Waals surface area (Å²) < 4.78 is 34.0. The minimum Gasteiger partial charge on any atom is -0.477 e. The third kappa shape index (κ3) is 5.68. The number of carboxylic acid groups (broad SMARTS) is 1. The van der Waals surface area contributed by atoms with Gasteiger partial charge in [-0.25, -0.2) is 18.4 Å². The number of ether oxygens (including phenoxy) is 1. The average molecular weight is 454 g/mol. The molecule has 0 amide bonds. The zero-order valence-corrected chi connectivity index (χ0v) is 19.2. The number of halogens is 2. The van der Waals surface area contributed by atoms with E-state index in [-0.39, 0.29) is 35.6 Å². The van der Waals surface area contributed by atoms with Crippen LogP contribution < -0.4 is 11.1 Å². The van der Waals surface area contributed by atoms with E-state index in [1.54, 1.807) is 34.6 Å². The van der Waals surface area contributed by atoms with Crippen LogP contribution in [0, 0.1) is 25.5 Å². The van der Waals surface area contributed by atoms with Gasteiger partial charge in [0, 0.05) is 12.1 Å². The zero-order valence-electron chi connectivity index (χ0n) is 19.2. The fourth-order valence-corrected chi connectivity index (χ4v) is 3.13. The Hall–Kier alpha value is -3.30. The molecular formula is C22H28F2N2O6. The lowest BCUT2D eigenvalue weighted by Gasteiger charge is -2.15. The summed E-state index contributed by atoms with van der Waals surface area (Å²) in [5, 5.41) is 8.71. The number of aromatic carboxylic acids is 1. The van der Waals surface area contributed by atoms with Crippen molar-refractivity contribution < 1.29 is 28.2 Å². The number of rotatable bonds is 5. The van der Waals surface area contributed by atoms with Gasteiger partial charge in [-0.2, -0.15) is 0 Å². The fraction of sp³-hybridized carbons (Fsp3) is 0.455. The van der Waals surface area contributed by atoms with E-state index >= 15 is 0 Å². The van der Waals surface area contributed by atoms with Gasteiger partial charge in [-0.05, 0) is 60.6 Å². The predicted molar refractivity (Wildman–Crippen MR) is 114 cm³/mol. The number of hydrogen-bond acceptors (Lipinski definition) is 5. The van der Waals surface area contributed by atoms with Crippen LogP contribution in [0.5, 0.6) is 0 Å². The largest absolute Gasteiger partial charge is 0.477 e. The molecule has 2 aromatic heterocycles. The van der Waals surface area contributed by atoms with Crippen molar-refractivity contribution in [1.82, 2.24) is 9.13 Å². The normalized spacial score (nSPS) is 10.7. The van der Waals surface area contributed by atoms with Gasteiger partial charge in [0.1, 0.15) is 22.8 Å². The maximum absolute atomic E-state index is 13.6. The summed E-state index contributed by atoms with van der Waals surface area (Å²) in [6, 6.07) is 1.21. The van der Waals surface area contributed by atoms with E-state index in [1.165, 1.54) is 18.4 Å². The molecule has 2 rings (SSSR count). The molecule has 2 heterocycles. The second-order valence-corrected chi connectivity index (χ2v) is 7.55. The summed E-state index contributed by atoms with van der Waals surface area (Å²) >= 11 is 0. The summed E-state index contributed by atoms with van der Waals surface area (Å²) in [4.78, 5) is 45.8.